The molecule has 0 heterocycles. The number of carboxylic acid groups (broad SMARTS) is 1. The largest absolute Gasteiger partial charge is 0.481 e. The van der Waals surface area contributed by atoms with E-state index < -0.39 is 35.4 Å². The van der Waals surface area contributed by atoms with Crippen LogP contribution in [0.2, 0.25) is 5.02 Å². The van der Waals surface area contributed by atoms with Gasteiger partial charge in [0, 0.05) is 23.7 Å². The summed E-state index contributed by atoms with van der Waals surface area (Å²) in [4.78, 5) is 13.1. The first kappa shape index (κ1) is 26.7. The average molecular weight is 495 g/mol. The van der Waals surface area contributed by atoms with Crippen molar-refractivity contribution in [1.29, 1.82) is 5.41 Å². The lowest BCUT2D eigenvalue weighted by Crippen LogP contribution is -2.30. The SMILES string of the molecule is CN(CCC(C(=N)Cc1ccc(Cl)cc1)C(=O)O)Cc1cc(C(F)(F)F)cc(C(F)(F)F)c1. The Morgan fingerprint density at radius 1 is 1.00 bits per heavy atom. The Morgan fingerprint density at radius 3 is 1.97 bits per heavy atom. The molecule has 2 aromatic carbocycles. The smallest absolute Gasteiger partial charge is 0.416 e. The fraction of sp³-hybridized carbons (Fsp3) is 0.364. The fourth-order valence-corrected chi connectivity index (χ4v) is 3.37. The lowest BCUT2D eigenvalue weighted by atomic mass is 9.94. The van der Waals surface area contributed by atoms with Crippen molar-refractivity contribution in [2.75, 3.05) is 13.6 Å². The van der Waals surface area contributed by atoms with Crippen molar-refractivity contribution < 1.29 is 36.2 Å². The van der Waals surface area contributed by atoms with Crippen LogP contribution in [0.3, 0.4) is 0 Å². The van der Waals surface area contributed by atoms with Crippen LogP contribution < -0.4 is 0 Å². The van der Waals surface area contributed by atoms with Crippen molar-refractivity contribution in [3.63, 3.8) is 0 Å². The molecule has 1 atom stereocenters. The van der Waals surface area contributed by atoms with Crippen LogP contribution in [0.5, 0.6) is 0 Å². The monoisotopic (exact) mass is 494 g/mol. The van der Waals surface area contributed by atoms with Crippen LogP contribution in [0.15, 0.2) is 42.5 Å². The van der Waals surface area contributed by atoms with Crippen molar-refractivity contribution in [1.82, 2.24) is 4.90 Å². The number of benzene rings is 2. The zero-order valence-electron chi connectivity index (χ0n) is 17.4. The number of hydrogen-bond donors (Lipinski definition) is 2. The van der Waals surface area contributed by atoms with E-state index in [1.165, 1.54) is 11.9 Å². The van der Waals surface area contributed by atoms with Crippen LogP contribution in [0.25, 0.3) is 0 Å². The molecule has 0 amide bonds. The molecule has 2 aromatic rings. The number of nitrogens with one attached hydrogen (secondary N) is 1. The zero-order chi connectivity index (χ0) is 25.0. The highest BCUT2D eigenvalue weighted by Crippen LogP contribution is 2.36. The van der Waals surface area contributed by atoms with Gasteiger partial charge in [0.25, 0.3) is 0 Å². The second-order valence-corrected chi connectivity index (χ2v) is 8.10. The Balaban J connectivity index is 2.09. The summed E-state index contributed by atoms with van der Waals surface area (Å²) in [6.45, 7) is -0.221. The van der Waals surface area contributed by atoms with E-state index in [1.807, 2.05) is 0 Å². The molecule has 2 N–H and O–H groups in total. The maximum Gasteiger partial charge on any atom is 0.416 e. The molecule has 11 heteroatoms. The Hall–Kier alpha value is -2.59. The second kappa shape index (κ2) is 10.6. The minimum absolute atomic E-state index is 0.0383. The third-order valence-electron chi connectivity index (χ3n) is 4.93. The molecule has 1 unspecified atom stereocenters. The van der Waals surface area contributed by atoms with E-state index in [1.54, 1.807) is 24.3 Å². The van der Waals surface area contributed by atoms with E-state index in [9.17, 15) is 36.2 Å². The van der Waals surface area contributed by atoms with E-state index in [4.69, 9.17) is 17.0 Å². The molecule has 33 heavy (non-hydrogen) atoms. The molecule has 0 aromatic heterocycles. The van der Waals surface area contributed by atoms with Gasteiger partial charge >= 0.3 is 18.3 Å². The Bertz CT molecular complexity index is 958. The summed E-state index contributed by atoms with van der Waals surface area (Å²) < 4.78 is 78.2. The molecule has 180 valence electrons. The molecular weight excluding hydrogens is 474 g/mol. The van der Waals surface area contributed by atoms with Gasteiger partial charge in [0.2, 0.25) is 0 Å². The molecule has 4 nitrogen and oxygen atoms in total. The standard InChI is InChI=1S/C22H21ClF6N2O2/c1-31(12-14-8-15(21(24,25)26)11-16(9-14)22(27,28)29)7-6-18(20(32)33)19(30)10-13-2-4-17(23)5-3-13/h2-5,8-9,11,18,30H,6-7,10,12H2,1H3,(H,32,33). The predicted molar refractivity (Wildman–Crippen MR) is 111 cm³/mol. The lowest BCUT2D eigenvalue weighted by Gasteiger charge is -2.21. The summed E-state index contributed by atoms with van der Waals surface area (Å²) in [7, 11) is 1.45. The van der Waals surface area contributed by atoms with Crippen LogP contribution in [0.4, 0.5) is 26.3 Å². The molecule has 0 saturated heterocycles. The first-order valence-corrected chi connectivity index (χ1v) is 10.1. The van der Waals surface area contributed by atoms with Gasteiger partial charge in [-0.3, -0.25) is 4.79 Å². The fourth-order valence-electron chi connectivity index (χ4n) is 3.24. The minimum atomic E-state index is -4.94. The first-order valence-electron chi connectivity index (χ1n) is 9.68. The highest BCUT2D eigenvalue weighted by atomic mass is 35.5. The summed E-state index contributed by atoms with van der Waals surface area (Å²) in [6.07, 6.45) is -9.86. The minimum Gasteiger partial charge on any atom is -0.481 e. The number of alkyl halides is 6. The molecule has 0 radical (unpaired) electrons. The van der Waals surface area contributed by atoms with E-state index in [0.29, 0.717) is 22.7 Å². The normalized spacial score (nSPS) is 13.2. The molecule has 0 aliphatic carbocycles. The number of aliphatic carboxylic acids is 1. The van der Waals surface area contributed by atoms with Gasteiger partial charge in [-0.2, -0.15) is 26.3 Å². The molecule has 0 bridgehead atoms. The van der Waals surface area contributed by atoms with Crippen LogP contribution in [-0.2, 0) is 30.1 Å². The zero-order valence-corrected chi connectivity index (χ0v) is 18.2. The van der Waals surface area contributed by atoms with Crippen molar-refractivity contribution in [3.8, 4) is 0 Å². The molecule has 0 saturated carbocycles. The van der Waals surface area contributed by atoms with Crippen molar-refractivity contribution in [3.05, 3.63) is 69.7 Å². The average Bonchev–Trinajstić information content (AvgIpc) is 2.68. The van der Waals surface area contributed by atoms with Crippen molar-refractivity contribution >= 4 is 23.3 Å². The summed E-state index contributed by atoms with van der Waals surface area (Å²) in [5.41, 5.74) is -2.41. The highest BCUT2D eigenvalue weighted by Gasteiger charge is 2.37. The van der Waals surface area contributed by atoms with E-state index >= 15 is 0 Å². The number of carboxylic acids is 1. The van der Waals surface area contributed by atoms with Crippen molar-refractivity contribution in [2.45, 2.75) is 31.7 Å². The number of hydrogen-bond acceptors (Lipinski definition) is 3. The van der Waals surface area contributed by atoms with Crippen LogP contribution in [-0.4, -0.2) is 35.3 Å². The van der Waals surface area contributed by atoms with Crippen molar-refractivity contribution in [2.24, 2.45) is 5.92 Å². The second-order valence-electron chi connectivity index (χ2n) is 7.66. The van der Waals surface area contributed by atoms with E-state index in [2.05, 4.69) is 0 Å². The van der Waals surface area contributed by atoms with Gasteiger partial charge in [0.05, 0.1) is 17.0 Å². The van der Waals surface area contributed by atoms with E-state index in [-0.39, 0.29) is 43.3 Å². The van der Waals surface area contributed by atoms with Gasteiger partial charge in [0.1, 0.15) is 0 Å². The van der Waals surface area contributed by atoms with Gasteiger partial charge in [-0.15, -0.1) is 0 Å². The number of halogens is 7. The van der Waals surface area contributed by atoms with E-state index in [0.717, 1.165) is 0 Å². The van der Waals surface area contributed by atoms with Crippen LogP contribution in [0, 0.1) is 11.3 Å². The Morgan fingerprint density at radius 2 is 1.52 bits per heavy atom. The lowest BCUT2D eigenvalue weighted by molar-refractivity contribution is -0.143. The van der Waals surface area contributed by atoms with Gasteiger partial charge < -0.3 is 15.4 Å². The molecule has 0 aliphatic heterocycles. The maximum absolute atomic E-state index is 13.0. The van der Waals surface area contributed by atoms with Crippen LogP contribution >= 0.6 is 11.6 Å². The summed E-state index contributed by atoms with van der Waals surface area (Å²) in [5, 5.41) is 18.1. The summed E-state index contributed by atoms with van der Waals surface area (Å²) in [5.74, 6) is -2.39. The molecule has 2 rings (SSSR count). The molecule has 0 aliphatic rings. The third-order valence-corrected chi connectivity index (χ3v) is 5.18. The Labute approximate surface area is 191 Å². The van der Waals surface area contributed by atoms with Crippen LogP contribution in [0.1, 0.15) is 28.7 Å². The third kappa shape index (κ3) is 8.04. The Kier molecular flexibility index (Phi) is 8.53. The topological polar surface area (TPSA) is 64.4 Å². The molecule has 0 fully saturated rings. The number of rotatable bonds is 9. The highest BCUT2D eigenvalue weighted by molar-refractivity contribution is 6.30. The quantitative estimate of drug-likeness (QED) is 0.324. The number of nitrogens with zero attached hydrogens (tertiary/aromatic N) is 1. The number of carbonyl (C=O) groups is 1. The van der Waals surface area contributed by atoms with Gasteiger partial charge in [-0.05, 0) is 61.5 Å². The van der Waals surface area contributed by atoms with Gasteiger partial charge in [0.15, 0.2) is 0 Å². The first-order chi connectivity index (χ1) is 15.2. The summed E-state index contributed by atoms with van der Waals surface area (Å²) >= 11 is 5.80. The maximum atomic E-state index is 13.0. The summed E-state index contributed by atoms with van der Waals surface area (Å²) in [6, 6.07) is 7.88. The molecular formula is C22H21ClF6N2O2. The van der Waals surface area contributed by atoms with Gasteiger partial charge in [-0.1, -0.05) is 23.7 Å². The predicted octanol–water partition coefficient (Wildman–Crippen LogP) is 6.16. The van der Waals surface area contributed by atoms with Gasteiger partial charge in [-0.25, -0.2) is 0 Å². The molecule has 0 spiro atoms.